The Hall–Kier alpha value is 0.530. The molecule has 2 rings (SSSR count). The third-order valence-corrected chi connectivity index (χ3v) is 6.89. The van der Waals surface area contributed by atoms with Gasteiger partial charge >= 0.3 is 0 Å². The predicted octanol–water partition coefficient (Wildman–Crippen LogP) is 7.16. The lowest BCUT2D eigenvalue weighted by atomic mass is 10.0. The number of hydrogen-bond donors (Lipinski definition) is 0. The first-order valence-corrected chi connectivity index (χ1v) is 8.15. The van der Waals surface area contributed by atoms with E-state index in [4.69, 9.17) is 81.2 Å². The Labute approximate surface area is 156 Å². The molecule has 113 valence electrons. The largest absolute Gasteiger partial charge is 0.289 e. The molecule has 0 bridgehead atoms. The summed E-state index contributed by atoms with van der Waals surface area (Å²) in [5, 5.41) is 13.3. The Morgan fingerprint density at radius 1 is 0.810 bits per heavy atom. The topological polar surface area (TPSA) is 19.9 Å². The van der Waals surface area contributed by atoms with Crippen molar-refractivity contribution in [3.63, 3.8) is 0 Å². The molecule has 1 nitrogen and oxygen atoms in total. The Morgan fingerprint density at radius 2 is 1.38 bits per heavy atom. The second kappa shape index (κ2) is 5.87. The summed E-state index contributed by atoms with van der Waals surface area (Å²) in [5.74, 6) is -0.290. The van der Waals surface area contributed by atoms with Gasteiger partial charge in [-0.1, -0.05) is 105 Å². The van der Waals surface area contributed by atoms with Crippen LogP contribution in [0, 0.1) is 0 Å². The van der Waals surface area contributed by atoms with Gasteiger partial charge < -0.3 is 0 Å². The summed E-state index contributed by atoms with van der Waals surface area (Å²) in [7, 11) is 0. The number of halogens is 7. The smallest absolute Gasteiger partial charge is 0.226 e. The van der Waals surface area contributed by atoms with Crippen LogP contribution in [0.15, 0.2) is 36.4 Å². The van der Waals surface area contributed by atoms with E-state index in [0.717, 1.165) is 0 Å². The maximum atomic E-state index is 12.1. The van der Waals surface area contributed by atoms with E-state index < -0.39 is 12.5 Å². The van der Waals surface area contributed by atoms with Gasteiger partial charge in [0, 0.05) is 5.39 Å². The van der Waals surface area contributed by atoms with Crippen molar-refractivity contribution in [1.82, 2.24) is 0 Å². The first-order valence-electron chi connectivity index (χ1n) is 5.51. The van der Waals surface area contributed by atoms with Gasteiger partial charge in [-0.15, -0.1) is 0 Å². The molecule has 0 aliphatic rings. The monoisotopic (exact) mass is 423 g/mol. The molecular weight excluding hydrogens is 420 g/mol. The lowest BCUT2D eigenvalue weighted by molar-refractivity contribution is 0.359. The van der Waals surface area contributed by atoms with Gasteiger partial charge in [-0.05, 0) is 23.1 Å². The number of hydrogen-bond acceptors (Lipinski definition) is 0. The normalized spacial score (nSPS) is 13.7. The first-order chi connectivity index (χ1) is 9.48. The number of alkyl halides is 7. The summed E-state index contributed by atoms with van der Waals surface area (Å²) < 4.78 is -6.36. The highest BCUT2D eigenvalue weighted by molar-refractivity contribution is 6.78. The van der Waals surface area contributed by atoms with Crippen LogP contribution in [-0.2, 0) is 9.44 Å². The van der Waals surface area contributed by atoms with Gasteiger partial charge in [0.05, 0.1) is 0 Å². The van der Waals surface area contributed by atoms with Gasteiger partial charge in [-0.2, -0.15) is 0 Å². The summed E-state index contributed by atoms with van der Waals surface area (Å²) in [6.07, 6.45) is 0. The number of benzene rings is 2. The molecule has 0 saturated heterocycles. The Balaban J connectivity index is 2.65. The minimum Gasteiger partial charge on any atom is -0.289 e. The van der Waals surface area contributed by atoms with Crippen LogP contribution in [0.5, 0.6) is 5.75 Å². The van der Waals surface area contributed by atoms with E-state index >= 15 is 0 Å². The Bertz CT molecular complexity index is 676. The average Bonchev–Trinajstić information content (AvgIpc) is 2.37. The predicted molar refractivity (Wildman–Crippen MR) is 92.2 cm³/mol. The number of fused-ring (bicyclic) bond motifs is 1. The van der Waals surface area contributed by atoms with Crippen molar-refractivity contribution >= 4 is 92.0 Å². The number of rotatable bonds is 2. The fourth-order valence-electron chi connectivity index (χ4n) is 1.82. The van der Waals surface area contributed by atoms with Gasteiger partial charge in [0.25, 0.3) is 0 Å². The van der Waals surface area contributed by atoms with Crippen molar-refractivity contribution in [2.24, 2.45) is 0 Å². The van der Waals surface area contributed by atoms with Crippen LogP contribution < -0.4 is 0 Å². The Kier molecular flexibility index (Phi) is 5.00. The van der Waals surface area contributed by atoms with E-state index in [1.54, 1.807) is 30.3 Å². The molecule has 2 aromatic rings. The van der Waals surface area contributed by atoms with E-state index in [2.05, 4.69) is 0 Å². The third-order valence-electron chi connectivity index (χ3n) is 2.94. The molecule has 0 saturated carbocycles. The Morgan fingerprint density at radius 3 is 1.95 bits per heavy atom. The van der Waals surface area contributed by atoms with Gasteiger partial charge in [-0.3, -0.25) is 5.11 Å². The van der Waals surface area contributed by atoms with Crippen molar-refractivity contribution in [2.45, 2.75) is 12.5 Å². The average molecular weight is 426 g/mol. The molecule has 2 aromatic carbocycles. The van der Waals surface area contributed by atoms with E-state index in [-0.39, 0.29) is 11.3 Å². The van der Waals surface area contributed by atoms with Crippen LogP contribution in [0.3, 0.4) is 0 Å². The van der Waals surface area contributed by atoms with Crippen molar-refractivity contribution in [3.05, 3.63) is 42.0 Å². The lowest BCUT2D eigenvalue weighted by Gasteiger charge is -2.37. The van der Waals surface area contributed by atoms with Crippen molar-refractivity contribution in [3.8, 4) is 5.75 Å². The highest BCUT2D eigenvalue weighted by atomic mass is 35.6. The van der Waals surface area contributed by atoms with Gasteiger partial charge in [0.15, 0.2) is 10.1 Å². The second-order valence-electron chi connectivity index (χ2n) is 4.34. The quantitative estimate of drug-likeness (QED) is 0.454. The van der Waals surface area contributed by atoms with Gasteiger partial charge in [0.1, 0.15) is 0 Å². The minimum atomic E-state index is -2.18. The second-order valence-corrected chi connectivity index (χ2v) is 9.28. The molecule has 0 aliphatic carbocycles. The lowest BCUT2D eigenvalue weighted by Crippen LogP contribution is -2.45. The van der Waals surface area contributed by atoms with Crippen molar-refractivity contribution in [1.29, 1.82) is 0 Å². The standard InChI is InChI=1S/C13H6Cl7O/c14-11(15,12(16,17)13(18,19)20)8-5-7-3-1-2-4-9(7)10(21)6-8/h1-6H. The summed E-state index contributed by atoms with van der Waals surface area (Å²) in [6.45, 7) is 0. The molecule has 0 heterocycles. The van der Waals surface area contributed by atoms with E-state index in [1.807, 2.05) is 0 Å². The molecule has 0 spiro atoms. The third kappa shape index (κ3) is 3.12. The van der Waals surface area contributed by atoms with Crippen LogP contribution in [0.25, 0.3) is 10.8 Å². The highest BCUT2D eigenvalue weighted by Gasteiger charge is 2.60. The van der Waals surface area contributed by atoms with Crippen LogP contribution in [-0.4, -0.2) is 8.13 Å². The van der Waals surface area contributed by atoms with Crippen LogP contribution in [0.2, 0.25) is 0 Å². The molecule has 0 N–H and O–H groups in total. The maximum Gasteiger partial charge on any atom is 0.226 e. The summed E-state index contributed by atoms with van der Waals surface area (Å²) >= 11 is 41.7. The van der Waals surface area contributed by atoms with E-state index in [0.29, 0.717) is 10.8 Å². The molecule has 0 aromatic heterocycles. The van der Waals surface area contributed by atoms with Crippen LogP contribution >= 0.6 is 81.2 Å². The fraction of sp³-hybridized carbons (Fsp3) is 0.231. The molecule has 21 heavy (non-hydrogen) atoms. The SMILES string of the molecule is [O]c1cc(C(Cl)(Cl)C(Cl)(Cl)C(Cl)(Cl)Cl)cc2ccccc12. The highest BCUT2D eigenvalue weighted by Crippen LogP contribution is 2.61. The van der Waals surface area contributed by atoms with E-state index in [9.17, 15) is 5.11 Å². The van der Waals surface area contributed by atoms with Gasteiger partial charge in [0.2, 0.25) is 8.13 Å². The van der Waals surface area contributed by atoms with Crippen LogP contribution in [0.4, 0.5) is 0 Å². The van der Waals surface area contributed by atoms with Crippen molar-refractivity contribution < 1.29 is 5.11 Å². The molecule has 0 atom stereocenters. The zero-order valence-electron chi connectivity index (χ0n) is 10.0. The molecule has 1 radical (unpaired) electrons. The summed E-state index contributed by atoms with van der Waals surface area (Å²) in [6, 6.07) is 9.70. The fourth-order valence-corrected chi connectivity index (χ4v) is 3.25. The molecular formula is C13H6Cl7O. The molecule has 8 heteroatoms. The zero-order chi connectivity index (χ0) is 16.1. The molecule has 0 amide bonds. The maximum absolute atomic E-state index is 12.1. The first kappa shape index (κ1) is 17.9. The molecule has 0 unspecified atom stereocenters. The van der Waals surface area contributed by atoms with Crippen LogP contribution in [0.1, 0.15) is 5.56 Å². The zero-order valence-corrected chi connectivity index (χ0v) is 15.3. The van der Waals surface area contributed by atoms with E-state index in [1.165, 1.54) is 6.07 Å². The summed E-state index contributed by atoms with van der Waals surface area (Å²) in [5.41, 5.74) is 0.144. The molecule has 0 fully saturated rings. The molecule has 0 aliphatic heterocycles. The minimum absolute atomic E-state index is 0.144. The van der Waals surface area contributed by atoms with Gasteiger partial charge in [-0.25, -0.2) is 0 Å². The van der Waals surface area contributed by atoms with Crippen molar-refractivity contribution in [2.75, 3.05) is 0 Å². The summed E-state index contributed by atoms with van der Waals surface area (Å²) in [4.78, 5) is 0.